The van der Waals surface area contributed by atoms with Gasteiger partial charge in [-0.25, -0.2) is 23.7 Å². The summed E-state index contributed by atoms with van der Waals surface area (Å²) in [5.74, 6) is 0.489. The third-order valence-electron chi connectivity index (χ3n) is 6.87. The maximum Gasteiger partial charge on any atom is 0.165 e. The van der Waals surface area contributed by atoms with Crippen molar-refractivity contribution >= 4 is 16.9 Å². The number of hydrogen-bond acceptors (Lipinski definition) is 6. The quantitative estimate of drug-likeness (QED) is 0.539. The molecule has 6 nitrogen and oxygen atoms in total. The van der Waals surface area contributed by atoms with Crippen LogP contribution in [0.15, 0.2) is 24.3 Å². The fraction of sp³-hybridized carbons (Fsp3) is 0.462. The Bertz CT molecular complexity index is 1260. The highest BCUT2D eigenvalue weighted by atomic mass is 19.1. The second-order valence-electron chi connectivity index (χ2n) is 9.34. The molecule has 1 aliphatic heterocycles. The molecule has 1 aliphatic rings. The molecule has 1 fully saturated rings. The first kappa shape index (κ1) is 24.0. The molecule has 2 atom stereocenters. The van der Waals surface area contributed by atoms with Gasteiger partial charge in [-0.2, -0.15) is 5.26 Å². The molecule has 1 saturated heterocycles. The lowest BCUT2D eigenvalue weighted by Crippen LogP contribution is -2.40. The third-order valence-corrected chi connectivity index (χ3v) is 6.87. The van der Waals surface area contributed by atoms with E-state index in [2.05, 4.69) is 33.3 Å². The molecule has 0 saturated carbocycles. The number of rotatable bonds is 5. The van der Waals surface area contributed by atoms with E-state index in [0.29, 0.717) is 28.2 Å². The molecular formula is C26H30F2N6. The lowest BCUT2D eigenvalue weighted by molar-refractivity contribution is 0.221. The van der Waals surface area contributed by atoms with Gasteiger partial charge in [0.05, 0.1) is 22.9 Å². The maximum atomic E-state index is 15.0. The Kier molecular flexibility index (Phi) is 6.50. The first-order valence-electron chi connectivity index (χ1n) is 11.6. The SMILES string of the molecule is Cc1nc(N[C@H](C)c2cccc(C(C)F)c2F)c2cc(C3(C#N)CCN(C)CC3)c(C)nc2n1. The minimum atomic E-state index is -1.40. The highest BCUT2D eigenvalue weighted by Crippen LogP contribution is 2.38. The summed E-state index contributed by atoms with van der Waals surface area (Å²) in [7, 11) is 2.06. The van der Waals surface area contributed by atoms with Gasteiger partial charge in [-0.1, -0.05) is 18.2 Å². The zero-order chi connectivity index (χ0) is 24.6. The number of benzene rings is 1. The lowest BCUT2D eigenvalue weighted by atomic mass is 9.73. The largest absolute Gasteiger partial charge is 0.363 e. The van der Waals surface area contributed by atoms with Crippen LogP contribution in [0, 0.1) is 31.0 Å². The summed E-state index contributed by atoms with van der Waals surface area (Å²) in [6.45, 7) is 8.49. The average molecular weight is 465 g/mol. The first-order chi connectivity index (χ1) is 16.1. The van der Waals surface area contributed by atoms with Crippen LogP contribution in [0.2, 0.25) is 0 Å². The summed E-state index contributed by atoms with van der Waals surface area (Å²) in [5.41, 5.74) is 1.97. The maximum absolute atomic E-state index is 15.0. The van der Waals surface area contributed by atoms with E-state index in [1.54, 1.807) is 19.1 Å². The Balaban J connectivity index is 1.79. The van der Waals surface area contributed by atoms with E-state index in [-0.39, 0.29) is 5.56 Å². The minimum absolute atomic E-state index is 0.0349. The number of alkyl halides is 1. The van der Waals surface area contributed by atoms with Crippen molar-refractivity contribution in [2.45, 2.75) is 58.2 Å². The molecule has 8 heteroatoms. The van der Waals surface area contributed by atoms with E-state index in [1.165, 1.54) is 13.0 Å². The van der Waals surface area contributed by atoms with Gasteiger partial charge < -0.3 is 10.2 Å². The summed E-state index contributed by atoms with van der Waals surface area (Å²) in [4.78, 5) is 16.0. The summed E-state index contributed by atoms with van der Waals surface area (Å²) in [6, 6.07) is 8.82. The molecule has 1 N–H and O–H groups in total. The molecular weight excluding hydrogens is 434 g/mol. The smallest absolute Gasteiger partial charge is 0.165 e. The molecule has 0 amide bonds. The highest BCUT2D eigenvalue weighted by Gasteiger charge is 2.37. The molecule has 1 aromatic carbocycles. The number of anilines is 1. The number of nitriles is 1. The third kappa shape index (κ3) is 4.32. The van der Waals surface area contributed by atoms with Gasteiger partial charge in [0.15, 0.2) is 5.65 Å². The Morgan fingerprint density at radius 1 is 1.12 bits per heavy atom. The Morgan fingerprint density at radius 2 is 1.79 bits per heavy atom. The van der Waals surface area contributed by atoms with E-state index in [4.69, 9.17) is 4.98 Å². The Hall–Kier alpha value is -3.18. The number of piperidine rings is 1. The molecule has 34 heavy (non-hydrogen) atoms. The second-order valence-corrected chi connectivity index (χ2v) is 9.34. The van der Waals surface area contributed by atoms with Gasteiger partial charge >= 0.3 is 0 Å². The van der Waals surface area contributed by atoms with Gasteiger partial charge in [-0.15, -0.1) is 0 Å². The van der Waals surface area contributed by atoms with Crippen molar-refractivity contribution in [3.63, 3.8) is 0 Å². The van der Waals surface area contributed by atoms with Crippen molar-refractivity contribution in [2.75, 3.05) is 25.5 Å². The minimum Gasteiger partial charge on any atom is -0.363 e. The fourth-order valence-corrected chi connectivity index (χ4v) is 4.78. The normalized spacial score (nSPS) is 17.8. The molecule has 3 aromatic rings. The van der Waals surface area contributed by atoms with Crippen molar-refractivity contribution in [1.82, 2.24) is 19.9 Å². The summed E-state index contributed by atoms with van der Waals surface area (Å²) >= 11 is 0. The van der Waals surface area contributed by atoms with Crippen LogP contribution in [0.25, 0.3) is 11.0 Å². The summed E-state index contributed by atoms with van der Waals surface area (Å²) in [6.07, 6.45) is 0.0410. The number of likely N-dealkylation sites (tertiary alicyclic amines) is 1. The molecule has 0 bridgehead atoms. The van der Waals surface area contributed by atoms with E-state index < -0.39 is 23.4 Å². The van der Waals surface area contributed by atoms with E-state index >= 15 is 0 Å². The van der Waals surface area contributed by atoms with Crippen LogP contribution in [0.1, 0.15) is 67.1 Å². The van der Waals surface area contributed by atoms with Crippen LogP contribution in [0.4, 0.5) is 14.6 Å². The van der Waals surface area contributed by atoms with Gasteiger partial charge in [0.1, 0.15) is 23.6 Å². The molecule has 3 heterocycles. The second kappa shape index (κ2) is 9.22. The van der Waals surface area contributed by atoms with Crippen LogP contribution in [0.3, 0.4) is 0 Å². The number of nitrogens with zero attached hydrogens (tertiary/aromatic N) is 5. The Labute approximate surface area is 199 Å². The van der Waals surface area contributed by atoms with Crippen LogP contribution in [-0.2, 0) is 5.41 Å². The van der Waals surface area contributed by atoms with Crippen molar-refractivity contribution in [2.24, 2.45) is 0 Å². The molecule has 1 unspecified atom stereocenters. The summed E-state index contributed by atoms with van der Waals surface area (Å²) < 4.78 is 28.9. The van der Waals surface area contributed by atoms with Crippen LogP contribution in [0.5, 0.6) is 0 Å². The number of halogens is 2. The molecule has 0 spiro atoms. The fourth-order valence-electron chi connectivity index (χ4n) is 4.78. The van der Waals surface area contributed by atoms with Crippen LogP contribution >= 0.6 is 0 Å². The van der Waals surface area contributed by atoms with Gasteiger partial charge in [-0.3, -0.25) is 0 Å². The van der Waals surface area contributed by atoms with Crippen LogP contribution in [-0.4, -0.2) is 40.0 Å². The van der Waals surface area contributed by atoms with Crippen molar-refractivity contribution < 1.29 is 8.78 Å². The van der Waals surface area contributed by atoms with Gasteiger partial charge in [0.2, 0.25) is 0 Å². The molecule has 178 valence electrons. The van der Waals surface area contributed by atoms with E-state index in [1.807, 2.05) is 19.9 Å². The topological polar surface area (TPSA) is 77.7 Å². The number of nitrogens with one attached hydrogen (secondary N) is 1. The summed E-state index contributed by atoms with van der Waals surface area (Å²) in [5, 5.41) is 14.1. The first-order valence-corrected chi connectivity index (χ1v) is 11.6. The molecule has 0 aliphatic carbocycles. The number of fused-ring (bicyclic) bond motifs is 1. The lowest BCUT2D eigenvalue weighted by Gasteiger charge is -2.36. The van der Waals surface area contributed by atoms with Gasteiger partial charge in [0.25, 0.3) is 0 Å². The zero-order valence-electron chi connectivity index (χ0n) is 20.3. The number of pyridine rings is 1. The molecule has 2 aromatic heterocycles. The monoisotopic (exact) mass is 464 g/mol. The van der Waals surface area contributed by atoms with Gasteiger partial charge in [-0.05, 0) is 72.3 Å². The number of hydrogen-bond donors (Lipinski definition) is 1. The van der Waals surface area contributed by atoms with Crippen LogP contribution < -0.4 is 5.32 Å². The molecule has 0 radical (unpaired) electrons. The predicted octanol–water partition coefficient (Wildman–Crippen LogP) is 5.47. The van der Waals surface area contributed by atoms with Crippen molar-refractivity contribution in [3.05, 3.63) is 58.3 Å². The van der Waals surface area contributed by atoms with Crippen molar-refractivity contribution in [3.8, 4) is 6.07 Å². The van der Waals surface area contributed by atoms with E-state index in [0.717, 1.165) is 37.2 Å². The predicted molar refractivity (Wildman–Crippen MR) is 129 cm³/mol. The zero-order valence-corrected chi connectivity index (χ0v) is 20.3. The highest BCUT2D eigenvalue weighted by molar-refractivity contribution is 5.87. The molecule has 4 rings (SSSR count). The van der Waals surface area contributed by atoms with E-state index in [9.17, 15) is 14.0 Å². The Morgan fingerprint density at radius 3 is 2.44 bits per heavy atom. The number of aryl methyl sites for hydroxylation is 2. The number of aromatic nitrogens is 3. The standard InChI is InChI=1S/C26H30F2N6/c1-15(27)19-7-6-8-20(23(19)28)16(2)30-24-21-13-22(17(3)31-25(21)33-18(4)32-24)26(14-29)9-11-34(5)12-10-26/h6-8,13,15-16H,9-12H2,1-5H3,(H,30,31,32,33)/t15?,16-/m1/s1. The van der Waals surface area contributed by atoms with Crippen molar-refractivity contribution in [1.29, 1.82) is 5.26 Å². The average Bonchev–Trinajstić information content (AvgIpc) is 2.79. The van der Waals surface area contributed by atoms with Gasteiger partial charge in [0, 0.05) is 16.8 Å².